The molecule has 26 heavy (non-hydrogen) atoms. The Morgan fingerprint density at radius 2 is 1.73 bits per heavy atom. The minimum Gasteiger partial charge on any atom is -0.333 e. The van der Waals surface area contributed by atoms with Crippen LogP contribution < -0.4 is 10.6 Å². The minimum atomic E-state index is -3.09. The van der Waals surface area contributed by atoms with E-state index >= 15 is 0 Å². The number of sulfone groups is 1. The summed E-state index contributed by atoms with van der Waals surface area (Å²) < 4.78 is 21.4. The molecule has 146 valence electrons. The van der Waals surface area contributed by atoms with Crippen LogP contribution in [-0.2, 0) is 15.3 Å². The van der Waals surface area contributed by atoms with Gasteiger partial charge in [-0.3, -0.25) is 10.1 Å². The topological polar surface area (TPSA) is 75.3 Å². The lowest BCUT2D eigenvalue weighted by Gasteiger charge is -2.29. The molecule has 0 aliphatic carbocycles. The summed E-state index contributed by atoms with van der Waals surface area (Å²) in [7, 11) is -3.09. The van der Waals surface area contributed by atoms with Gasteiger partial charge in [0.05, 0.1) is 11.5 Å². The predicted octanol–water partition coefficient (Wildman–Crippen LogP) is 3.19. The molecule has 1 aromatic rings. The number of alkyl halides is 3. The largest absolute Gasteiger partial charge is 0.333 e. The Kier molecular flexibility index (Phi) is 6.56. The first-order chi connectivity index (χ1) is 11.8. The Balaban J connectivity index is 2.09. The van der Waals surface area contributed by atoms with Crippen LogP contribution >= 0.6 is 34.8 Å². The van der Waals surface area contributed by atoms with Crippen molar-refractivity contribution in [2.24, 2.45) is 0 Å². The van der Waals surface area contributed by atoms with Crippen LogP contribution in [0.3, 0.4) is 0 Å². The van der Waals surface area contributed by atoms with Crippen LogP contribution in [0.4, 0.5) is 0 Å². The van der Waals surface area contributed by atoms with Crippen LogP contribution in [-0.4, -0.2) is 41.8 Å². The lowest BCUT2D eigenvalue weighted by Crippen LogP contribution is -2.56. The van der Waals surface area contributed by atoms with E-state index in [4.69, 9.17) is 34.8 Å². The second-order valence-electron chi connectivity index (χ2n) is 7.54. The number of benzene rings is 1. The number of carbonyl (C=O) groups excluding carboxylic acids is 1. The normalized spacial score (nSPS) is 21.4. The number of amides is 1. The highest BCUT2D eigenvalue weighted by molar-refractivity contribution is 7.91. The van der Waals surface area contributed by atoms with Crippen LogP contribution in [0.25, 0.3) is 0 Å². The Morgan fingerprint density at radius 3 is 2.15 bits per heavy atom. The van der Waals surface area contributed by atoms with E-state index in [1.54, 1.807) is 12.1 Å². The van der Waals surface area contributed by atoms with E-state index in [1.165, 1.54) is 0 Å². The molecule has 2 N–H and O–H groups in total. The van der Waals surface area contributed by atoms with Crippen molar-refractivity contribution in [2.45, 2.75) is 48.6 Å². The number of nitrogens with one attached hydrogen (secondary N) is 2. The van der Waals surface area contributed by atoms with Gasteiger partial charge in [0.1, 0.15) is 6.17 Å². The molecule has 2 unspecified atom stereocenters. The van der Waals surface area contributed by atoms with Crippen molar-refractivity contribution in [1.82, 2.24) is 10.6 Å². The van der Waals surface area contributed by atoms with Crippen LogP contribution in [0.2, 0.25) is 0 Å². The summed E-state index contributed by atoms with van der Waals surface area (Å²) in [6.07, 6.45) is -0.601. The highest BCUT2D eigenvalue weighted by Crippen LogP contribution is 2.30. The van der Waals surface area contributed by atoms with E-state index in [-0.39, 0.29) is 23.0 Å². The molecule has 1 aromatic carbocycles. The summed E-state index contributed by atoms with van der Waals surface area (Å²) in [5, 5.41) is 5.59. The number of rotatable bonds is 4. The Hall–Kier alpha value is -0.530. The molecule has 1 aliphatic rings. The van der Waals surface area contributed by atoms with E-state index in [0.29, 0.717) is 12.0 Å². The van der Waals surface area contributed by atoms with Crippen molar-refractivity contribution in [3.05, 3.63) is 35.4 Å². The molecule has 5 nitrogen and oxygen atoms in total. The van der Waals surface area contributed by atoms with E-state index in [0.717, 1.165) is 5.56 Å². The first kappa shape index (κ1) is 21.8. The lowest BCUT2D eigenvalue weighted by molar-refractivity contribution is 0.0927. The number of halogens is 3. The minimum absolute atomic E-state index is 0.0232. The molecular formula is C17H23Cl3N2O3S. The Labute approximate surface area is 169 Å². The van der Waals surface area contributed by atoms with E-state index in [1.807, 2.05) is 12.1 Å². The molecule has 0 bridgehead atoms. The highest BCUT2D eigenvalue weighted by Gasteiger charge is 2.38. The smallest absolute Gasteiger partial charge is 0.252 e. The second kappa shape index (κ2) is 7.84. The summed E-state index contributed by atoms with van der Waals surface area (Å²) in [5.74, 6) is -0.366. The molecular weight excluding hydrogens is 419 g/mol. The van der Waals surface area contributed by atoms with Gasteiger partial charge in [0, 0.05) is 11.6 Å². The van der Waals surface area contributed by atoms with Crippen molar-refractivity contribution in [1.29, 1.82) is 0 Å². The van der Waals surface area contributed by atoms with Crippen molar-refractivity contribution in [2.75, 3.05) is 11.5 Å². The fraction of sp³-hybridized carbons (Fsp3) is 0.588. The van der Waals surface area contributed by atoms with Gasteiger partial charge >= 0.3 is 0 Å². The van der Waals surface area contributed by atoms with E-state index < -0.39 is 25.7 Å². The molecule has 1 aliphatic heterocycles. The van der Waals surface area contributed by atoms with Crippen LogP contribution in [0, 0.1) is 0 Å². The molecule has 2 atom stereocenters. The van der Waals surface area contributed by atoms with Gasteiger partial charge in [-0.25, -0.2) is 8.42 Å². The van der Waals surface area contributed by atoms with Gasteiger partial charge in [0.15, 0.2) is 9.84 Å². The molecule has 2 rings (SSSR count). The van der Waals surface area contributed by atoms with Crippen molar-refractivity contribution >= 4 is 50.5 Å². The first-order valence-electron chi connectivity index (χ1n) is 8.22. The standard InChI is InChI=1S/C17H23Cl3N2O3S/c1-16(2,3)12-6-4-11(5-7-12)14(23)22-15(17(18,19)20)21-13-8-9-26(24,25)10-13/h4-7,13,15,21H,8-10H2,1-3H3,(H,22,23). The third-order valence-corrected chi connectivity index (χ3v) is 6.67. The fourth-order valence-electron chi connectivity index (χ4n) is 2.72. The van der Waals surface area contributed by atoms with E-state index in [9.17, 15) is 13.2 Å². The van der Waals surface area contributed by atoms with Crippen molar-refractivity contribution in [3.8, 4) is 0 Å². The zero-order valence-corrected chi connectivity index (χ0v) is 17.9. The third kappa shape index (κ3) is 5.99. The predicted molar refractivity (Wildman–Crippen MR) is 107 cm³/mol. The van der Waals surface area contributed by atoms with Gasteiger partial charge in [-0.15, -0.1) is 0 Å². The molecule has 0 spiro atoms. The first-order valence-corrected chi connectivity index (χ1v) is 11.2. The van der Waals surface area contributed by atoms with Crippen molar-refractivity contribution in [3.63, 3.8) is 0 Å². The summed E-state index contributed by atoms with van der Waals surface area (Å²) >= 11 is 17.9. The van der Waals surface area contributed by atoms with Crippen LogP contribution in [0.5, 0.6) is 0 Å². The zero-order valence-electron chi connectivity index (χ0n) is 14.9. The van der Waals surface area contributed by atoms with Gasteiger partial charge in [0.2, 0.25) is 3.79 Å². The lowest BCUT2D eigenvalue weighted by atomic mass is 9.87. The molecule has 1 saturated heterocycles. The van der Waals surface area contributed by atoms with Crippen LogP contribution in [0.1, 0.15) is 43.1 Å². The average Bonchev–Trinajstić information content (AvgIpc) is 2.84. The van der Waals surface area contributed by atoms with E-state index in [2.05, 4.69) is 31.4 Å². The SMILES string of the molecule is CC(C)(C)c1ccc(C(=O)NC(NC2CCS(=O)(=O)C2)C(Cl)(Cl)Cl)cc1. The zero-order chi connectivity index (χ0) is 19.8. The maximum atomic E-state index is 12.5. The Bertz CT molecular complexity index is 753. The maximum absolute atomic E-state index is 12.5. The van der Waals surface area contributed by atoms with Gasteiger partial charge in [-0.05, 0) is 29.5 Å². The van der Waals surface area contributed by atoms with Gasteiger partial charge in [-0.2, -0.15) is 0 Å². The molecule has 0 saturated carbocycles. The van der Waals surface area contributed by atoms with Gasteiger partial charge in [0.25, 0.3) is 5.91 Å². The fourth-order valence-corrected chi connectivity index (χ4v) is 4.76. The molecule has 1 heterocycles. The summed E-state index contributed by atoms with van der Waals surface area (Å²) in [5.41, 5.74) is 1.50. The van der Waals surface area contributed by atoms with Crippen molar-refractivity contribution < 1.29 is 13.2 Å². The molecule has 0 radical (unpaired) electrons. The summed E-state index contributed by atoms with van der Waals surface area (Å²) in [6, 6.07) is 6.83. The maximum Gasteiger partial charge on any atom is 0.252 e. The monoisotopic (exact) mass is 440 g/mol. The molecule has 9 heteroatoms. The molecule has 0 aromatic heterocycles. The number of carbonyl (C=O) groups is 1. The summed E-state index contributed by atoms with van der Waals surface area (Å²) in [6.45, 7) is 6.25. The quantitative estimate of drug-likeness (QED) is 0.556. The summed E-state index contributed by atoms with van der Waals surface area (Å²) in [4.78, 5) is 12.5. The Morgan fingerprint density at radius 1 is 1.15 bits per heavy atom. The molecule has 1 fully saturated rings. The van der Waals surface area contributed by atoms with Crippen LogP contribution in [0.15, 0.2) is 24.3 Å². The second-order valence-corrected chi connectivity index (χ2v) is 12.1. The number of hydrogen-bond acceptors (Lipinski definition) is 4. The average molecular weight is 442 g/mol. The molecule has 1 amide bonds. The van der Waals surface area contributed by atoms with Gasteiger partial charge < -0.3 is 5.32 Å². The highest BCUT2D eigenvalue weighted by atomic mass is 35.6. The van der Waals surface area contributed by atoms with Gasteiger partial charge in [-0.1, -0.05) is 67.7 Å². The third-order valence-electron chi connectivity index (χ3n) is 4.25. The number of hydrogen-bond donors (Lipinski definition) is 2.